The number of benzene rings is 1. The van der Waals surface area contributed by atoms with E-state index in [1.807, 2.05) is 19.0 Å². The van der Waals surface area contributed by atoms with Crippen LogP contribution in [0.5, 0.6) is 5.75 Å². The van der Waals surface area contributed by atoms with Gasteiger partial charge in [-0.15, -0.1) is 0 Å². The molecule has 10 heteroatoms. The van der Waals surface area contributed by atoms with Crippen LogP contribution in [0.3, 0.4) is 0 Å². The van der Waals surface area contributed by atoms with Crippen LogP contribution in [0.25, 0.3) is 0 Å². The Labute approximate surface area is 199 Å². The lowest BCUT2D eigenvalue weighted by atomic mass is 9.95. The Balaban J connectivity index is 2.14. The molecular formula is C24H35F2N3O5. The van der Waals surface area contributed by atoms with E-state index in [0.29, 0.717) is 32.5 Å². The van der Waals surface area contributed by atoms with Gasteiger partial charge in [-0.3, -0.25) is 14.4 Å². The first-order valence-electron chi connectivity index (χ1n) is 11.4. The van der Waals surface area contributed by atoms with Crippen LogP contribution in [-0.2, 0) is 14.3 Å². The van der Waals surface area contributed by atoms with E-state index in [1.165, 1.54) is 28.0 Å². The number of ether oxygens (including phenoxy) is 2. The number of alkyl halides is 2. The molecule has 1 saturated heterocycles. The lowest BCUT2D eigenvalue weighted by molar-refractivity contribution is -0.160. The van der Waals surface area contributed by atoms with Crippen molar-refractivity contribution in [1.29, 1.82) is 0 Å². The van der Waals surface area contributed by atoms with Crippen LogP contribution in [0.1, 0.15) is 44.0 Å². The molecule has 1 fully saturated rings. The van der Waals surface area contributed by atoms with Crippen LogP contribution < -0.4 is 4.74 Å². The standard InChI is InChI=1S/C24H35F2N3O5/c1-24(2,3)34-20(30)16-29(14-13-27(4)5)21(31)17-9-8-12-28(15-17)22(32)18-10-6-7-11-19(18)33-23(25)26/h6-7,10-11,17,23H,8-9,12-16H2,1-5H3. The monoisotopic (exact) mass is 483 g/mol. The van der Waals surface area contributed by atoms with Crippen molar-refractivity contribution < 1.29 is 32.6 Å². The van der Waals surface area contributed by atoms with Crippen LogP contribution in [0.4, 0.5) is 8.78 Å². The fraction of sp³-hybridized carbons (Fsp3) is 0.625. The van der Waals surface area contributed by atoms with E-state index in [9.17, 15) is 23.2 Å². The molecule has 2 rings (SSSR count). The van der Waals surface area contributed by atoms with E-state index in [0.717, 1.165) is 0 Å². The number of amides is 2. The summed E-state index contributed by atoms with van der Waals surface area (Å²) >= 11 is 0. The number of hydrogen-bond donors (Lipinski definition) is 0. The second kappa shape index (κ2) is 12.1. The van der Waals surface area contributed by atoms with E-state index in [1.54, 1.807) is 26.8 Å². The highest BCUT2D eigenvalue weighted by Crippen LogP contribution is 2.26. The van der Waals surface area contributed by atoms with Crippen LogP contribution in [0, 0.1) is 5.92 Å². The molecule has 1 aliphatic rings. The first-order valence-corrected chi connectivity index (χ1v) is 11.4. The Morgan fingerprint density at radius 3 is 2.44 bits per heavy atom. The summed E-state index contributed by atoms with van der Waals surface area (Å²) in [5, 5.41) is 0. The summed E-state index contributed by atoms with van der Waals surface area (Å²) in [6.45, 7) is 3.47. The van der Waals surface area contributed by atoms with E-state index < -0.39 is 30.0 Å². The third-order valence-corrected chi connectivity index (χ3v) is 5.26. The molecule has 0 saturated carbocycles. The van der Waals surface area contributed by atoms with Crippen LogP contribution in [-0.4, -0.2) is 91.5 Å². The zero-order valence-corrected chi connectivity index (χ0v) is 20.6. The van der Waals surface area contributed by atoms with Crippen LogP contribution in [0.15, 0.2) is 24.3 Å². The summed E-state index contributed by atoms with van der Waals surface area (Å²) in [6.07, 6.45) is 1.14. The Hall–Kier alpha value is -2.75. The largest absolute Gasteiger partial charge is 0.459 e. The van der Waals surface area contributed by atoms with Crippen molar-refractivity contribution in [2.75, 3.05) is 46.8 Å². The van der Waals surface area contributed by atoms with Crippen molar-refractivity contribution in [3.05, 3.63) is 29.8 Å². The molecule has 1 aromatic rings. The maximum absolute atomic E-state index is 13.4. The maximum Gasteiger partial charge on any atom is 0.387 e. The fourth-order valence-electron chi connectivity index (χ4n) is 3.75. The van der Waals surface area contributed by atoms with Gasteiger partial charge in [0.25, 0.3) is 5.91 Å². The van der Waals surface area contributed by atoms with Crippen LogP contribution in [0.2, 0.25) is 0 Å². The van der Waals surface area contributed by atoms with Crippen molar-refractivity contribution in [3.63, 3.8) is 0 Å². The van der Waals surface area contributed by atoms with Gasteiger partial charge in [-0.2, -0.15) is 8.78 Å². The van der Waals surface area contributed by atoms with Gasteiger partial charge in [0.15, 0.2) is 0 Å². The Morgan fingerprint density at radius 1 is 1.15 bits per heavy atom. The Kier molecular flexibility index (Phi) is 9.78. The van der Waals surface area contributed by atoms with E-state index in [-0.39, 0.29) is 30.3 Å². The average molecular weight is 484 g/mol. The van der Waals surface area contributed by atoms with Crippen molar-refractivity contribution in [3.8, 4) is 5.75 Å². The van der Waals surface area contributed by atoms with Crippen LogP contribution >= 0.6 is 0 Å². The number of hydrogen-bond acceptors (Lipinski definition) is 6. The number of carbonyl (C=O) groups is 3. The van der Waals surface area contributed by atoms with Crippen molar-refractivity contribution in [2.45, 2.75) is 45.8 Å². The van der Waals surface area contributed by atoms with Gasteiger partial charge >= 0.3 is 12.6 Å². The number of esters is 1. The van der Waals surface area contributed by atoms with E-state index >= 15 is 0 Å². The van der Waals surface area contributed by atoms with Gasteiger partial charge in [0.1, 0.15) is 17.9 Å². The van der Waals surface area contributed by atoms with Crippen molar-refractivity contribution in [1.82, 2.24) is 14.7 Å². The topological polar surface area (TPSA) is 79.4 Å². The molecule has 2 amide bonds. The third kappa shape index (κ3) is 8.55. The summed E-state index contributed by atoms with van der Waals surface area (Å²) in [5.74, 6) is -1.91. The lowest BCUT2D eigenvalue weighted by Crippen LogP contribution is -2.49. The summed E-state index contributed by atoms with van der Waals surface area (Å²) in [6, 6.07) is 5.82. The number of para-hydroxylation sites is 1. The second-order valence-corrected chi connectivity index (χ2v) is 9.61. The van der Waals surface area contributed by atoms with Gasteiger partial charge < -0.3 is 24.2 Å². The highest BCUT2D eigenvalue weighted by molar-refractivity contribution is 5.97. The number of likely N-dealkylation sites (N-methyl/N-ethyl adjacent to an activating group) is 1. The number of likely N-dealkylation sites (tertiary alicyclic amines) is 1. The normalized spacial score (nSPS) is 16.5. The van der Waals surface area contributed by atoms with Gasteiger partial charge in [-0.25, -0.2) is 0 Å². The molecule has 1 unspecified atom stereocenters. The van der Waals surface area contributed by atoms with Crippen molar-refractivity contribution >= 4 is 17.8 Å². The highest BCUT2D eigenvalue weighted by atomic mass is 19.3. The molecule has 8 nitrogen and oxygen atoms in total. The summed E-state index contributed by atoms with van der Waals surface area (Å²) < 4.78 is 35.4. The van der Waals surface area contributed by atoms with Gasteiger partial charge in [-0.1, -0.05) is 12.1 Å². The molecule has 1 atom stereocenters. The smallest absolute Gasteiger partial charge is 0.387 e. The summed E-state index contributed by atoms with van der Waals surface area (Å²) in [5.41, 5.74) is -0.649. The Bertz CT molecular complexity index is 857. The minimum atomic E-state index is -3.05. The second-order valence-electron chi connectivity index (χ2n) is 9.61. The Morgan fingerprint density at radius 2 is 1.82 bits per heavy atom. The molecule has 1 aliphatic heterocycles. The number of rotatable bonds is 9. The van der Waals surface area contributed by atoms with Gasteiger partial charge in [0, 0.05) is 26.2 Å². The molecule has 1 heterocycles. The molecule has 190 valence electrons. The third-order valence-electron chi connectivity index (χ3n) is 5.26. The molecule has 34 heavy (non-hydrogen) atoms. The fourth-order valence-corrected chi connectivity index (χ4v) is 3.75. The molecule has 0 aromatic heterocycles. The first kappa shape index (κ1) is 27.5. The predicted molar refractivity (Wildman–Crippen MR) is 123 cm³/mol. The van der Waals surface area contributed by atoms with E-state index in [4.69, 9.17) is 4.74 Å². The number of nitrogens with zero attached hydrogens (tertiary/aromatic N) is 3. The molecule has 0 N–H and O–H groups in total. The summed E-state index contributed by atoms with van der Waals surface area (Å²) in [7, 11) is 3.74. The van der Waals surface area contributed by atoms with Gasteiger partial charge in [0.2, 0.25) is 5.91 Å². The molecule has 1 aromatic carbocycles. The first-order chi connectivity index (χ1) is 15.9. The number of carbonyl (C=O) groups excluding carboxylic acids is 3. The predicted octanol–water partition coefficient (Wildman–Crippen LogP) is 2.87. The summed E-state index contributed by atoms with van der Waals surface area (Å²) in [4.78, 5) is 43.7. The zero-order chi connectivity index (χ0) is 25.5. The minimum absolute atomic E-state index is 0.0223. The SMILES string of the molecule is CN(C)CCN(CC(=O)OC(C)(C)C)C(=O)C1CCCN(C(=O)c2ccccc2OC(F)F)C1. The quantitative estimate of drug-likeness (QED) is 0.503. The zero-order valence-electron chi connectivity index (χ0n) is 20.6. The lowest BCUT2D eigenvalue weighted by Gasteiger charge is -2.35. The van der Waals surface area contributed by atoms with Gasteiger partial charge in [-0.05, 0) is 59.8 Å². The number of halogens is 2. The van der Waals surface area contributed by atoms with Crippen molar-refractivity contribution in [2.24, 2.45) is 5.92 Å². The molecule has 0 spiro atoms. The molecule has 0 radical (unpaired) electrons. The molecule has 0 bridgehead atoms. The molecular weight excluding hydrogens is 448 g/mol. The highest BCUT2D eigenvalue weighted by Gasteiger charge is 2.33. The minimum Gasteiger partial charge on any atom is -0.459 e. The van der Waals surface area contributed by atoms with E-state index in [2.05, 4.69) is 4.74 Å². The molecule has 0 aliphatic carbocycles. The maximum atomic E-state index is 13.4. The van der Waals surface area contributed by atoms with Gasteiger partial charge in [0.05, 0.1) is 11.5 Å². The average Bonchev–Trinajstić information content (AvgIpc) is 2.74. The number of piperidine rings is 1.